The Morgan fingerprint density at radius 2 is 1.83 bits per heavy atom. The van der Waals surface area contributed by atoms with Crippen molar-refractivity contribution in [3.05, 3.63) is 74.8 Å². The van der Waals surface area contributed by atoms with Crippen LogP contribution in [0.5, 0.6) is 0 Å². The van der Waals surface area contributed by atoms with E-state index in [0.29, 0.717) is 16.6 Å². The topological polar surface area (TPSA) is 29.1 Å². The Morgan fingerprint density at radius 1 is 1.04 bits per heavy atom. The summed E-state index contributed by atoms with van der Waals surface area (Å²) in [4.78, 5) is 12.1. The third kappa shape index (κ3) is 5.12. The van der Waals surface area contributed by atoms with Crippen molar-refractivity contribution in [2.24, 2.45) is 0 Å². The first-order valence-corrected chi connectivity index (χ1v) is 8.80. The van der Waals surface area contributed by atoms with Crippen molar-refractivity contribution in [2.75, 3.05) is 0 Å². The van der Waals surface area contributed by atoms with Crippen LogP contribution in [0, 0.1) is 0 Å². The molecule has 0 saturated carbocycles. The molecule has 2 nitrogen and oxygen atoms in total. The van der Waals surface area contributed by atoms with Crippen LogP contribution in [0.4, 0.5) is 0 Å². The summed E-state index contributed by atoms with van der Waals surface area (Å²) in [6.45, 7) is 4.77. The van der Waals surface area contributed by atoms with Gasteiger partial charge in [-0.25, -0.2) is 0 Å². The molecule has 0 aliphatic rings. The normalized spacial score (nSPS) is 11.0. The Kier molecular flexibility index (Phi) is 6.89. The number of hydrogen-bond donors (Lipinski definition) is 1. The summed E-state index contributed by atoms with van der Waals surface area (Å²) >= 11 is 12.0. The van der Waals surface area contributed by atoms with Crippen LogP contribution in [0.25, 0.3) is 6.08 Å². The molecule has 24 heavy (non-hydrogen) atoms. The Morgan fingerprint density at radius 3 is 2.50 bits per heavy atom. The average molecular weight is 362 g/mol. The largest absolute Gasteiger partial charge is 0.348 e. The zero-order valence-corrected chi connectivity index (χ0v) is 15.4. The molecule has 0 bridgehead atoms. The van der Waals surface area contributed by atoms with Gasteiger partial charge in [-0.15, -0.1) is 0 Å². The Bertz CT molecular complexity index is 753. The number of nitrogens with one attached hydrogen (secondary N) is 1. The van der Waals surface area contributed by atoms with E-state index in [-0.39, 0.29) is 5.91 Å². The SMILES string of the molecule is CCc1ccc(CC)c(CNC(=O)/C=C/c2ccc(Cl)cc2Cl)c1. The molecule has 0 radical (unpaired) electrons. The smallest absolute Gasteiger partial charge is 0.244 e. The molecule has 0 unspecified atom stereocenters. The van der Waals surface area contributed by atoms with Gasteiger partial charge in [0, 0.05) is 22.7 Å². The van der Waals surface area contributed by atoms with Gasteiger partial charge in [-0.05, 0) is 53.3 Å². The second-order valence-corrected chi connectivity index (χ2v) is 6.37. The molecule has 0 spiro atoms. The van der Waals surface area contributed by atoms with Gasteiger partial charge in [0.2, 0.25) is 5.91 Å². The maximum absolute atomic E-state index is 12.1. The Labute approximate surface area is 153 Å². The van der Waals surface area contributed by atoms with Gasteiger partial charge in [0.15, 0.2) is 0 Å². The van der Waals surface area contributed by atoms with E-state index in [4.69, 9.17) is 23.2 Å². The highest BCUT2D eigenvalue weighted by molar-refractivity contribution is 6.35. The van der Waals surface area contributed by atoms with E-state index in [2.05, 4.69) is 37.4 Å². The van der Waals surface area contributed by atoms with E-state index < -0.39 is 0 Å². The Hall–Kier alpha value is -1.77. The number of carbonyl (C=O) groups is 1. The summed E-state index contributed by atoms with van der Waals surface area (Å²) in [5.74, 6) is -0.148. The van der Waals surface area contributed by atoms with Crippen LogP contribution in [0.1, 0.15) is 36.1 Å². The maximum atomic E-state index is 12.1. The van der Waals surface area contributed by atoms with Gasteiger partial charge in [0.05, 0.1) is 0 Å². The van der Waals surface area contributed by atoms with Crippen molar-refractivity contribution >= 4 is 35.2 Å². The minimum atomic E-state index is -0.148. The lowest BCUT2D eigenvalue weighted by Crippen LogP contribution is -2.21. The molecule has 2 rings (SSSR count). The molecule has 126 valence electrons. The highest BCUT2D eigenvalue weighted by Gasteiger charge is 2.04. The van der Waals surface area contributed by atoms with Crippen molar-refractivity contribution in [1.82, 2.24) is 5.32 Å². The first-order chi connectivity index (χ1) is 11.5. The van der Waals surface area contributed by atoms with Crippen molar-refractivity contribution in [3.8, 4) is 0 Å². The minimum absolute atomic E-state index is 0.148. The third-order valence-corrected chi connectivity index (χ3v) is 4.45. The van der Waals surface area contributed by atoms with Crippen molar-refractivity contribution in [2.45, 2.75) is 33.2 Å². The highest BCUT2D eigenvalue weighted by atomic mass is 35.5. The number of amides is 1. The molecule has 0 saturated heterocycles. The lowest BCUT2D eigenvalue weighted by molar-refractivity contribution is -0.116. The van der Waals surface area contributed by atoms with Gasteiger partial charge in [0.1, 0.15) is 0 Å². The number of benzene rings is 2. The zero-order chi connectivity index (χ0) is 17.5. The quantitative estimate of drug-likeness (QED) is 0.681. The van der Waals surface area contributed by atoms with Gasteiger partial charge in [-0.1, -0.05) is 61.3 Å². The lowest BCUT2D eigenvalue weighted by atomic mass is 10.0. The van der Waals surface area contributed by atoms with Crippen molar-refractivity contribution in [1.29, 1.82) is 0 Å². The molecule has 0 aliphatic heterocycles. The summed E-state index contributed by atoms with van der Waals surface area (Å²) in [6.07, 6.45) is 5.12. The number of aryl methyl sites for hydroxylation is 2. The van der Waals surface area contributed by atoms with Gasteiger partial charge in [-0.3, -0.25) is 4.79 Å². The summed E-state index contributed by atoms with van der Waals surface area (Å²) < 4.78 is 0. The van der Waals surface area contributed by atoms with Crippen LogP contribution in [0.15, 0.2) is 42.5 Å². The summed E-state index contributed by atoms with van der Waals surface area (Å²) in [7, 11) is 0. The fourth-order valence-electron chi connectivity index (χ4n) is 2.45. The predicted molar refractivity (Wildman–Crippen MR) is 103 cm³/mol. The zero-order valence-electron chi connectivity index (χ0n) is 13.9. The van der Waals surface area contributed by atoms with E-state index in [1.165, 1.54) is 22.8 Å². The number of carbonyl (C=O) groups excluding carboxylic acids is 1. The predicted octanol–water partition coefficient (Wildman–Crippen LogP) is 5.45. The fraction of sp³-hybridized carbons (Fsp3) is 0.250. The standard InChI is InChI=1S/C20H21Cl2NO/c1-3-14-5-6-15(4-2)17(11-14)13-23-20(24)10-8-16-7-9-18(21)12-19(16)22/h5-12H,3-4,13H2,1-2H3,(H,23,24)/b10-8+. The monoisotopic (exact) mass is 361 g/mol. The van der Waals surface area contributed by atoms with Crippen molar-refractivity contribution in [3.63, 3.8) is 0 Å². The molecule has 4 heteroatoms. The molecular formula is C20H21Cl2NO. The van der Waals surface area contributed by atoms with Crippen LogP contribution in [0.2, 0.25) is 10.0 Å². The number of hydrogen-bond acceptors (Lipinski definition) is 1. The van der Waals surface area contributed by atoms with Gasteiger partial charge < -0.3 is 5.32 Å². The molecule has 0 atom stereocenters. The molecule has 0 aromatic heterocycles. The molecule has 0 heterocycles. The number of rotatable bonds is 6. The van der Waals surface area contributed by atoms with Gasteiger partial charge >= 0.3 is 0 Å². The average Bonchev–Trinajstić information content (AvgIpc) is 2.58. The van der Waals surface area contributed by atoms with Crippen LogP contribution in [0.3, 0.4) is 0 Å². The molecular weight excluding hydrogens is 341 g/mol. The van der Waals surface area contributed by atoms with E-state index in [9.17, 15) is 4.79 Å². The fourth-order valence-corrected chi connectivity index (χ4v) is 2.92. The van der Waals surface area contributed by atoms with E-state index in [1.807, 2.05) is 0 Å². The van der Waals surface area contributed by atoms with E-state index in [1.54, 1.807) is 24.3 Å². The van der Waals surface area contributed by atoms with Crippen LogP contribution in [-0.4, -0.2) is 5.91 Å². The lowest BCUT2D eigenvalue weighted by Gasteiger charge is -2.10. The molecule has 0 aliphatic carbocycles. The first-order valence-electron chi connectivity index (χ1n) is 8.05. The third-order valence-electron chi connectivity index (χ3n) is 3.89. The number of halogens is 2. The Balaban J connectivity index is 2.01. The summed E-state index contributed by atoms with van der Waals surface area (Å²) in [5.41, 5.74) is 4.47. The van der Waals surface area contributed by atoms with E-state index >= 15 is 0 Å². The van der Waals surface area contributed by atoms with Crippen LogP contribution in [-0.2, 0) is 24.2 Å². The van der Waals surface area contributed by atoms with Crippen LogP contribution >= 0.6 is 23.2 Å². The van der Waals surface area contributed by atoms with Crippen molar-refractivity contribution < 1.29 is 4.79 Å². The first kappa shape index (κ1) is 18.6. The molecule has 2 aromatic rings. The summed E-state index contributed by atoms with van der Waals surface area (Å²) in [5, 5.41) is 4.03. The van der Waals surface area contributed by atoms with Crippen LogP contribution < -0.4 is 5.32 Å². The highest BCUT2D eigenvalue weighted by Crippen LogP contribution is 2.22. The van der Waals surface area contributed by atoms with E-state index in [0.717, 1.165) is 18.4 Å². The molecule has 1 N–H and O–H groups in total. The second kappa shape index (κ2) is 8.91. The van der Waals surface area contributed by atoms with Gasteiger partial charge in [-0.2, -0.15) is 0 Å². The summed E-state index contributed by atoms with van der Waals surface area (Å²) in [6, 6.07) is 11.6. The molecule has 0 fully saturated rings. The molecule has 1 amide bonds. The van der Waals surface area contributed by atoms with Gasteiger partial charge in [0.25, 0.3) is 0 Å². The minimum Gasteiger partial charge on any atom is -0.348 e. The second-order valence-electron chi connectivity index (χ2n) is 5.53. The maximum Gasteiger partial charge on any atom is 0.244 e. The molecule has 2 aromatic carbocycles.